The van der Waals surface area contributed by atoms with Gasteiger partial charge >= 0.3 is 6.03 Å². The molecule has 3 aromatic carbocycles. The summed E-state index contributed by atoms with van der Waals surface area (Å²) < 4.78 is 42.1. The van der Waals surface area contributed by atoms with E-state index in [4.69, 9.17) is 9.47 Å². The molecule has 1 heterocycles. The summed E-state index contributed by atoms with van der Waals surface area (Å²) >= 11 is 0. The minimum absolute atomic E-state index is 0.0914. The maximum absolute atomic E-state index is 15.2. The third kappa shape index (κ3) is 10.1. The largest absolute Gasteiger partial charge is 0.490 e. The fourth-order valence-corrected chi connectivity index (χ4v) is 5.49. The molecule has 1 aliphatic rings. The number of ether oxygens (including phenoxy) is 2. The molecule has 47 heavy (non-hydrogen) atoms. The molecular formula is C36H47F2N5O4. The summed E-state index contributed by atoms with van der Waals surface area (Å²) in [5.41, 5.74) is 0.756. The van der Waals surface area contributed by atoms with Gasteiger partial charge in [0.25, 0.3) is 5.91 Å². The smallest absolute Gasteiger partial charge is 0.319 e. The van der Waals surface area contributed by atoms with Gasteiger partial charge < -0.3 is 35.2 Å². The molecule has 0 saturated carbocycles. The van der Waals surface area contributed by atoms with Crippen molar-refractivity contribution in [1.82, 2.24) is 10.2 Å². The molecule has 1 aliphatic heterocycles. The van der Waals surface area contributed by atoms with E-state index >= 15 is 8.78 Å². The number of hydrogen-bond donors (Lipinski definition) is 3. The lowest BCUT2D eigenvalue weighted by Gasteiger charge is -2.24. The molecular weight excluding hydrogens is 604 g/mol. The van der Waals surface area contributed by atoms with Gasteiger partial charge in [-0.2, -0.15) is 0 Å². The number of amides is 3. The van der Waals surface area contributed by atoms with E-state index in [2.05, 4.69) is 27.8 Å². The molecule has 9 nitrogen and oxygen atoms in total. The van der Waals surface area contributed by atoms with Gasteiger partial charge in [0.1, 0.15) is 17.4 Å². The number of unbranched alkanes of at least 4 members (excludes halogenated alkanes) is 1. The van der Waals surface area contributed by atoms with Crippen LogP contribution in [0.2, 0.25) is 0 Å². The molecule has 1 fully saturated rings. The van der Waals surface area contributed by atoms with E-state index in [0.717, 1.165) is 63.9 Å². The van der Waals surface area contributed by atoms with Crippen molar-refractivity contribution < 1.29 is 27.8 Å². The van der Waals surface area contributed by atoms with E-state index in [-0.39, 0.29) is 23.3 Å². The van der Waals surface area contributed by atoms with Crippen LogP contribution in [0.3, 0.4) is 0 Å². The molecule has 0 bridgehead atoms. The van der Waals surface area contributed by atoms with E-state index in [1.165, 1.54) is 0 Å². The molecule has 3 N–H and O–H groups in total. The number of nitrogens with zero attached hydrogens (tertiary/aromatic N) is 2. The lowest BCUT2D eigenvalue weighted by Crippen LogP contribution is -2.37. The van der Waals surface area contributed by atoms with Crippen molar-refractivity contribution in [2.45, 2.75) is 65.8 Å². The molecule has 0 aliphatic carbocycles. The third-order valence-corrected chi connectivity index (χ3v) is 8.20. The number of anilines is 3. The van der Waals surface area contributed by atoms with Crippen LogP contribution >= 0.6 is 0 Å². The predicted molar refractivity (Wildman–Crippen MR) is 183 cm³/mol. The molecule has 254 valence electrons. The standard InChI is InChI=1S/C36H47F2N5O4/c1-5-9-17-42-18-10-19-43(21-20-42)32-24-30(37)29(23-31(32)38)35(44)39-26-11-14-28(15-12-26)47-33-16-13-27(22-34(33)46-8-4)41-36(45)40-25(6-2)7-3/h11-16,22-25H,5-10,17-21H2,1-4H3,(H,39,44)(H2,40,41,45). The highest BCUT2D eigenvalue weighted by Gasteiger charge is 2.22. The van der Waals surface area contributed by atoms with Crippen molar-refractivity contribution in [3.63, 3.8) is 0 Å². The summed E-state index contributed by atoms with van der Waals surface area (Å²) in [5.74, 6) is -0.812. The van der Waals surface area contributed by atoms with E-state index in [1.54, 1.807) is 42.5 Å². The van der Waals surface area contributed by atoms with Crippen molar-refractivity contribution in [1.29, 1.82) is 0 Å². The van der Waals surface area contributed by atoms with Crippen molar-refractivity contribution in [2.24, 2.45) is 0 Å². The summed E-state index contributed by atoms with van der Waals surface area (Å²) in [4.78, 5) is 29.5. The number of hydrogen-bond acceptors (Lipinski definition) is 6. The first-order valence-corrected chi connectivity index (χ1v) is 16.6. The van der Waals surface area contributed by atoms with Gasteiger partial charge in [0, 0.05) is 49.2 Å². The van der Waals surface area contributed by atoms with Crippen LogP contribution in [0, 0.1) is 11.6 Å². The summed E-state index contributed by atoms with van der Waals surface area (Å²) in [7, 11) is 0. The van der Waals surface area contributed by atoms with Crippen LogP contribution < -0.4 is 30.3 Å². The Hall–Kier alpha value is -4.38. The Kier molecular flexibility index (Phi) is 13.2. The minimum Gasteiger partial charge on any atom is -0.490 e. The monoisotopic (exact) mass is 651 g/mol. The fraction of sp³-hybridized carbons (Fsp3) is 0.444. The first-order valence-electron chi connectivity index (χ1n) is 16.6. The Bertz CT molecular complexity index is 1480. The zero-order valence-electron chi connectivity index (χ0n) is 27.8. The molecule has 0 atom stereocenters. The second-order valence-corrected chi connectivity index (χ2v) is 11.6. The van der Waals surface area contributed by atoms with Gasteiger partial charge in [0.2, 0.25) is 0 Å². The predicted octanol–water partition coefficient (Wildman–Crippen LogP) is 8.03. The number of carbonyl (C=O) groups is 2. The second kappa shape index (κ2) is 17.5. The fourth-order valence-electron chi connectivity index (χ4n) is 5.49. The van der Waals surface area contributed by atoms with Crippen LogP contribution in [-0.2, 0) is 0 Å². The SMILES string of the molecule is CCCCN1CCCN(c2cc(F)c(C(=O)Nc3ccc(Oc4ccc(NC(=O)NC(CC)CC)cc4OCC)cc3)cc2F)CC1. The lowest BCUT2D eigenvalue weighted by molar-refractivity contribution is 0.102. The summed E-state index contributed by atoms with van der Waals surface area (Å²) in [5, 5.41) is 8.40. The molecule has 0 radical (unpaired) electrons. The maximum Gasteiger partial charge on any atom is 0.319 e. The molecule has 4 rings (SSSR count). The molecule has 11 heteroatoms. The Balaban J connectivity index is 1.38. The van der Waals surface area contributed by atoms with Crippen molar-refractivity contribution in [3.8, 4) is 17.2 Å². The van der Waals surface area contributed by atoms with E-state index < -0.39 is 17.5 Å². The maximum atomic E-state index is 15.2. The number of nitrogens with one attached hydrogen (secondary N) is 3. The van der Waals surface area contributed by atoms with Crippen LogP contribution in [0.15, 0.2) is 54.6 Å². The summed E-state index contributed by atoms with van der Waals surface area (Å²) in [6.07, 6.45) is 4.77. The van der Waals surface area contributed by atoms with Gasteiger partial charge in [-0.05, 0) is 88.2 Å². The Morgan fingerprint density at radius 3 is 2.28 bits per heavy atom. The molecule has 0 aromatic heterocycles. The van der Waals surface area contributed by atoms with Crippen LogP contribution in [0.1, 0.15) is 70.2 Å². The highest BCUT2D eigenvalue weighted by molar-refractivity contribution is 6.04. The van der Waals surface area contributed by atoms with Gasteiger partial charge in [-0.1, -0.05) is 27.2 Å². The normalized spacial score (nSPS) is 13.6. The topological polar surface area (TPSA) is 95.2 Å². The minimum atomic E-state index is -0.777. The zero-order valence-corrected chi connectivity index (χ0v) is 27.8. The molecule has 0 unspecified atom stereocenters. The number of urea groups is 1. The third-order valence-electron chi connectivity index (χ3n) is 8.20. The van der Waals surface area contributed by atoms with Crippen LogP contribution in [0.5, 0.6) is 17.2 Å². The quantitative estimate of drug-likeness (QED) is 0.163. The van der Waals surface area contributed by atoms with Crippen LogP contribution in [-0.4, -0.2) is 62.2 Å². The zero-order chi connectivity index (χ0) is 33.8. The Morgan fingerprint density at radius 2 is 1.57 bits per heavy atom. The van der Waals surface area contributed by atoms with Gasteiger partial charge in [-0.3, -0.25) is 4.79 Å². The van der Waals surface area contributed by atoms with Gasteiger partial charge in [0.15, 0.2) is 11.5 Å². The van der Waals surface area contributed by atoms with Crippen LogP contribution in [0.4, 0.5) is 30.6 Å². The average Bonchev–Trinajstić information content (AvgIpc) is 3.31. The Labute approximate surface area is 276 Å². The van der Waals surface area contributed by atoms with E-state index in [9.17, 15) is 9.59 Å². The van der Waals surface area contributed by atoms with Crippen molar-refractivity contribution in [2.75, 3.05) is 54.9 Å². The van der Waals surface area contributed by atoms with Gasteiger partial charge in [-0.25, -0.2) is 13.6 Å². The molecule has 1 saturated heterocycles. The first-order chi connectivity index (χ1) is 22.7. The highest BCUT2D eigenvalue weighted by Crippen LogP contribution is 2.35. The number of halogens is 2. The highest BCUT2D eigenvalue weighted by atomic mass is 19.1. The van der Waals surface area contributed by atoms with Crippen molar-refractivity contribution >= 4 is 29.0 Å². The average molecular weight is 652 g/mol. The molecule has 3 aromatic rings. The number of carbonyl (C=O) groups excluding carboxylic acids is 2. The second-order valence-electron chi connectivity index (χ2n) is 11.6. The van der Waals surface area contributed by atoms with Crippen molar-refractivity contribution in [3.05, 3.63) is 71.8 Å². The molecule has 3 amide bonds. The Morgan fingerprint density at radius 1 is 0.830 bits per heavy atom. The van der Waals surface area contributed by atoms with E-state index in [1.807, 2.05) is 25.7 Å². The lowest BCUT2D eigenvalue weighted by atomic mass is 10.1. The van der Waals surface area contributed by atoms with Gasteiger partial charge in [0.05, 0.1) is 17.9 Å². The van der Waals surface area contributed by atoms with Crippen LogP contribution in [0.25, 0.3) is 0 Å². The number of rotatable bonds is 14. The molecule has 0 spiro atoms. The van der Waals surface area contributed by atoms with E-state index in [0.29, 0.717) is 48.3 Å². The summed E-state index contributed by atoms with van der Waals surface area (Å²) in [6.45, 7) is 12.4. The summed E-state index contributed by atoms with van der Waals surface area (Å²) in [6, 6.07) is 13.5. The number of benzene rings is 3. The van der Waals surface area contributed by atoms with Gasteiger partial charge in [-0.15, -0.1) is 0 Å². The first kappa shape index (κ1) is 35.5.